The first-order valence-corrected chi connectivity index (χ1v) is 7.97. The zero-order valence-corrected chi connectivity index (χ0v) is 13.0. The molecule has 1 aromatic carbocycles. The van der Waals surface area contributed by atoms with E-state index in [9.17, 15) is 4.79 Å². The van der Waals surface area contributed by atoms with E-state index >= 15 is 0 Å². The van der Waals surface area contributed by atoms with Gasteiger partial charge in [0.05, 0.1) is 6.04 Å². The van der Waals surface area contributed by atoms with Gasteiger partial charge in [0.15, 0.2) is 0 Å². The van der Waals surface area contributed by atoms with Crippen LogP contribution in [0.2, 0.25) is 0 Å². The highest BCUT2D eigenvalue weighted by Gasteiger charge is 2.28. The lowest BCUT2D eigenvalue weighted by Crippen LogP contribution is -2.38. The summed E-state index contributed by atoms with van der Waals surface area (Å²) >= 11 is 5.22. The summed E-state index contributed by atoms with van der Waals surface area (Å²) in [7, 11) is 0. The van der Waals surface area contributed by atoms with Gasteiger partial charge in [-0.1, -0.05) is 22.0 Å². The molecule has 2 nitrogen and oxygen atoms in total. The van der Waals surface area contributed by atoms with Crippen LogP contribution in [0.4, 0.5) is 0 Å². The van der Waals surface area contributed by atoms with Crippen LogP contribution < -0.4 is 0 Å². The minimum Gasteiger partial charge on any atom is -0.331 e. The van der Waals surface area contributed by atoms with Crippen LogP contribution in [-0.2, 0) is 6.42 Å². The van der Waals surface area contributed by atoms with Crippen LogP contribution in [0.5, 0.6) is 0 Å². The fraction of sp³-hybridized carbons (Fsp3) is 0.267. The number of amides is 1. The lowest BCUT2D eigenvalue weighted by atomic mass is 10.0. The van der Waals surface area contributed by atoms with Gasteiger partial charge >= 0.3 is 0 Å². The molecule has 1 aromatic heterocycles. The number of nitrogens with zero attached hydrogens (tertiary/aromatic N) is 1. The average molecular weight is 336 g/mol. The zero-order chi connectivity index (χ0) is 13.4. The molecule has 0 fully saturated rings. The van der Waals surface area contributed by atoms with Crippen LogP contribution in [0, 0.1) is 0 Å². The summed E-state index contributed by atoms with van der Waals surface area (Å²) in [5.41, 5.74) is 2.06. The summed E-state index contributed by atoms with van der Waals surface area (Å²) in [6, 6.07) is 9.92. The molecule has 98 valence electrons. The van der Waals surface area contributed by atoms with Crippen molar-refractivity contribution in [2.75, 3.05) is 6.54 Å². The number of carbonyl (C=O) groups excluding carboxylic acids is 1. The maximum absolute atomic E-state index is 12.6. The van der Waals surface area contributed by atoms with Crippen molar-refractivity contribution < 1.29 is 4.79 Å². The summed E-state index contributed by atoms with van der Waals surface area (Å²) in [5, 5.41) is 2.12. The summed E-state index contributed by atoms with van der Waals surface area (Å²) in [4.78, 5) is 16.0. The first kappa shape index (κ1) is 12.9. The van der Waals surface area contributed by atoms with E-state index < -0.39 is 0 Å². The van der Waals surface area contributed by atoms with Gasteiger partial charge in [0, 0.05) is 21.5 Å². The third-order valence-electron chi connectivity index (χ3n) is 3.61. The van der Waals surface area contributed by atoms with Crippen LogP contribution >= 0.6 is 27.3 Å². The van der Waals surface area contributed by atoms with Gasteiger partial charge in [0.2, 0.25) is 0 Å². The topological polar surface area (TPSA) is 20.3 Å². The summed E-state index contributed by atoms with van der Waals surface area (Å²) in [6.45, 7) is 2.92. The Morgan fingerprint density at radius 3 is 3.05 bits per heavy atom. The summed E-state index contributed by atoms with van der Waals surface area (Å²) in [6.07, 6.45) is 0.969. The first-order chi connectivity index (χ1) is 9.16. The molecule has 0 bridgehead atoms. The molecule has 19 heavy (non-hydrogen) atoms. The number of halogens is 1. The molecular formula is C15H14BrNOS. The fourth-order valence-electron chi connectivity index (χ4n) is 2.57. The van der Waals surface area contributed by atoms with Crippen LogP contribution in [0.25, 0.3) is 0 Å². The normalized spacial score (nSPS) is 18.2. The SMILES string of the molecule is CC1c2ccsc2CCN1C(=O)c1cccc(Br)c1. The molecule has 3 rings (SSSR count). The number of rotatable bonds is 1. The van der Waals surface area contributed by atoms with Gasteiger partial charge in [0.25, 0.3) is 5.91 Å². The van der Waals surface area contributed by atoms with Crippen LogP contribution in [-0.4, -0.2) is 17.4 Å². The Labute approximate surface area is 125 Å². The van der Waals surface area contributed by atoms with Crippen molar-refractivity contribution in [3.8, 4) is 0 Å². The second-order valence-electron chi connectivity index (χ2n) is 4.73. The zero-order valence-electron chi connectivity index (χ0n) is 10.6. The maximum Gasteiger partial charge on any atom is 0.254 e. The van der Waals surface area contributed by atoms with Crippen molar-refractivity contribution in [3.05, 3.63) is 56.2 Å². The van der Waals surface area contributed by atoms with E-state index in [1.807, 2.05) is 29.2 Å². The Balaban J connectivity index is 1.90. The van der Waals surface area contributed by atoms with Crippen molar-refractivity contribution in [2.45, 2.75) is 19.4 Å². The minimum atomic E-state index is 0.116. The Morgan fingerprint density at radius 2 is 2.26 bits per heavy atom. The standard InChI is InChI=1S/C15H14BrNOS/c1-10-13-6-8-19-14(13)5-7-17(10)15(18)11-3-2-4-12(16)9-11/h2-4,6,8-10H,5,7H2,1H3. The molecule has 0 saturated carbocycles. The highest BCUT2D eigenvalue weighted by molar-refractivity contribution is 9.10. The molecule has 2 aromatic rings. The molecule has 1 aliphatic rings. The third kappa shape index (κ3) is 2.35. The van der Waals surface area contributed by atoms with Crippen molar-refractivity contribution in [3.63, 3.8) is 0 Å². The van der Waals surface area contributed by atoms with Crippen LogP contribution in [0.15, 0.2) is 40.2 Å². The van der Waals surface area contributed by atoms with Gasteiger partial charge in [-0.15, -0.1) is 11.3 Å². The smallest absolute Gasteiger partial charge is 0.254 e. The average Bonchev–Trinajstić information content (AvgIpc) is 2.88. The number of hydrogen-bond acceptors (Lipinski definition) is 2. The maximum atomic E-state index is 12.6. The molecule has 0 N–H and O–H groups in total. The minimum absolute atomic E-state index is 0.116. The Morgan fingerprint density at radius 1 is 1.42 bits per heavy atom. The van der Waals surface area contributed by atoms with E-state index in [4.69, 9.17) is 0 Å². The number of benzene rings is 1. The van der Waals surface area contributed by atoms with E-state index in [0.717, 1.165) is 23.0 Å². The van der Waals surface area contributed by atoms with Gasteiger partial charge in [0.1, 0.15) is 0 Å². The van der Waals surface area contributed by atoms with Gasteiger partial charge in [-0.3, -0.25) is 4.79 Å². The molecule has 1 unspecified atom stereocenters. The van der Waals surface area contributed by atoms with Crippen LogP contribution in [0.3, 0.4) is 0 Å². The predicted octanol–water partition coefficient (Wildman–Crippen LogP) is 4.27. The number of fused-ring (bicyclic) bond motifs is 1. The summed E-state index contributed by atoms with van der Waals surface area (Å²) in [5.74, 6) is 0.116. The number of carbonyl (C=O) groups is 1. The van der Waals surface area contributed by atoms with E-state index in [2.05, 4.69) is 34.3 Å². The van der Waals surface area contributed by atoms with Crippen LogP contribution in [0.1, 0.15) is 33.8 Å². The summed E-state index contributed by atoms with van der Waals surface area (Å²) < 4.78 is 0.944. The largest absolute Gasteiger partial charge is 0.331 e. The molecule has 0 spiro atoms. The second kappa shape index (κ2) is 5.10. The first-order valence-electron chi connectivity index (χ1n) is 6.29. The molecule has 0 saturated heterocycles. The molecule has 0 radical (unpaired) electrons. The Hall–Kier alpha value is -1.13. The van der Waals surface area contributed by atoms with E-state index in [1.54, 1.807) is 11.3 Å². The predicted molar refractivity (Wildman–Crippen MR) is 81.6 cm³/mol. The lowest BCUT2D eigenvalue weighted by Gasteiger charge is -2.33. The number of hydrogen-bond donors (Lipinski definition) is 0. The number of thiophene rings is 1. The van der Waals surface area contributed by atoms with Gasteiger partial charge in [-0.2, -0.15) is 0 Å². The monoisotopic (exact) mass is 335 g/mol. The van der Waals surface area contributed by atoms with Gasteiger partial charge in [-0.25, -0.2) is 0 Å². The van der Waals surface area contributed by atoms with Crippen molar-refractivity contribution >= 4 is 33.2 Å². The van der Waals surface area contributed by atoms with E-state index in [-0.39, 0.29) is 11.9 Å². The highest BCUT2D eigenvalue weighted by Crippen LogP contribution is 2.33. The molecule has 4 heteroatoms. The van der Waals surface area contributed by atoms with Gasteiger partial charge in [-0.05, 0) is 48.6 Å². The van der Waals surface area contributed by atoms with Crippen molar-refractivity contribution in [1.29, 1.82) is 0 Å². The van der Waals surface area contributed by atoms with Crippen molar-refractivity contribution in [1.82, 2.24) is 4.90 Å². The van der Waals surface area contributed by atoms with Crippen molar-refractivity contribution in [2.24, 2.45) is 0 Å². The molecule has 1 aliphatic heterocycles. The molecule has 2 heterocycles. The Bertz CT molecular complexity index is 622. The lowest BCUT2D eigenvalue weighted by molar-refractivity contribution is 0.0679. The molecular weight excluding hydrogens is 322 g/mol. The molecule has 1 amide bonds. The fourth-order valence-corrected chi connectivity index (χ4v) is 3.94. The van der Waals surface area contributed by atoms with E-state index in [1.165, 1.54) is 10.4 Å². The van der Waals surface area contributed by atoms with Gasteiger partial charge < -0.3 is 4.90 Å². The quantitative estimate of drug-likeness (QED) is 0.762. The highest BCUT2D eigenvalue weighted by atomic mass is 79.9. The third-order valence-corrected chi connectivity index (χ3v) is 5.10. The second-order valence-corrected chi connectivity index (χ2v) is 6.65. The Kier molecular flexibility index (Phi) is 3.46. The molecule has 0 aliphatic carbocycles. The molecule has 1 atom stereocenters. The van der Waals surface area contributed by atoms with E-state index in [0.29, 0.717) is 0 Å².